The van der Waals surface area contributed by atoms with Gasteiger partial charge in [-0.05, 0) is 31.2 Å². The Hall–Kier alpha value is -0.0800. The quantitative estimate of drug-likeness (QED) is 0.750. The molecule has 0 spiro atoms. The van der Waals surface area contributed by atoms with Gasteiger partial charge in [-0.25, -0.2) is 0 Å². The smallest absolute Gasteiger partial charge is 0.0167 e. The van der Waals surface area contributed by atoms with Crippen molar-refractivity contribution in [1.29, 1.82) is 0 Å². The first-order chi connectivity index (χ1) is 6.53. The molecular weight excluding hydrogens is 172 g/mol. The lowest BCUT2D eigenvalue weighted by Crippen LogP contribution is -2.45. The molecule has 2 nitrogen and oxygen atoms in total. The van der Waals surface area contributed by atoms with Crippen LogP contribution in [0.25, 0.3) is 0 Å². The average molecular weight is 198 g/mol. The van der Waals surface area contributed by atoms with Gasteiger partial charge in [0.15, 0.2) is 0 Å². The van der Waals surface area contributed by atoms with Crippen molar-refractivity contribution in [1.82, 2.24) is 4.90 Å². The summed E-state index contributed by atoms with van der Waals surface area (Å²) in [6.07, 6.45) is 5.08. The van der Waals surface area contributed by atoms with Gasteiger partial charge < -0.3 is 10.6 Å². The van der Waals surface area contributed by atoms with Crippen molar-refractivity contribution in [3.05, 3.63) is 0 Å². The number of nitrogens with two attached hydrogens (primary N) is 1. The summed E-state index contributed by atoms with van der Waals surface area (Å²) in [5.41, 5.74) is 6.57. The Balaban J connectivity index is 2.30. The van der Waals surface area contributed by atoms with E-state index in [0.717, 1.165) is 13.0 Å². The third-order valence-corrected chi connectivity index (χ3v) is 3.13. The SMILES string of the molecule is CCCC(N)CN1CCCC(C)(C)C1. The molecule has 0 radical (unpaired) electrons. The lowest BCUT2D eigenvalue weighted by Gasteiger charge is -2.39. The Morgan fingerprint density at radius 1 is 1.43 bits per heavy atom. The lowest BCUT2D eigenvalue weighted by molar-refractivity contribution is 0.111. The molecule has 0 bridgehead atoms. The number of nitrogens with zero attached hydrogens (tertiary/aromatic N) is 1. The van der Waals surface area contributed by atoms with Crippen molar-refractivity contribution in [2.45, 2.75) is 52.5 Å². The van der Waals surface area contributed by atoms with Crippen LogP contribution in [-0.4, -0.2) is 30.6 Å². The minimum absolute atomic E-state index is 0.383. The van der Waals surface area contributed by atoms with Gasteiger partial charge in [0.1, 0.15) is 0 Å². The Labute approximate surface area is 88.8 Å². The van der Waals surface area contributed by atoms with Crippen molar-refractivity contribution in [3.63, 3.8) is 0 Å². The highest BCUT2D eigenvalue weighted by Gasteiger charge is 2.26. The molecule has 1 aliphatic rings. The van der Waals surface area contributed by atoms with E-state index in [4.69, 9.17) is 5.73 Å². The minimum Gasteiger partial charge on any atom is -0.327 e. The summed E-state index contributed by atoms with van der Waals surface area (Å²) in [6, 6.07) is 0.383. The highest BCUT2D eigenvalue weighted by molar-refractivity contribution is 4.81. The Morgan fingerprint density at radius 3 is 2.71 bits per heavy atom. The molecule has 0 aliphatic carbocycles. The van der Waals surface area contributed by atoms with Crippen LogP contribution in [0.3, 0.4) is 0 Å². The second-order valence-electron chi connectivity index (χ2n) is 5.55. The zero-order chi connectivity index (χ0) is 10.6. The number of hydrogen-bond donors (Lipinski definition) is 1. The van der Waals surface area contributed by atoms with Crippen LogP contribution in [0.1, 0.15) is 46.5 Å². The molecule has 1 unspecified atom stereocenters. The molecule has 84 valence electrons. The molecule has 2 heteroatoms. The van der Waals surface area contributed by atoms with Gasteiger partial charge in [-0.1, -0.05) is 27.2 Å². The average Bonchev–Trinajstić information content (AvgIpc) is 2.02. The predicted octanol–water partition coefficient (Wildman–Crippen LogP) is 2.24. The third kappa shape index (κ3) is 3.97. The topological polar surface area (TPSA) is 29.3 Å². The zero-order valence-corrected chi connectivity index (χ0v) is 10.1. The second kappa shape index (κ2) is 5.13. The van der Waals surface area contributed by atoms with E-state index in [9.17, 15) is 0 Å². The van der Waals surface area contributed by atoms with Gasteiger partial charge in [0.2, 0.25) is 0 Å². The standard InChI is InChI=1S/C12H26N2/c1-4-6-11(13)9-14-8-5-7-12(2,3)10-14/h11H,4-10,13H2,1-3H3. The summed E-state index contributed by atoms with van der Waals surface area (Å²) in [5, 5.41) is 0. The molecule has 1 atom stereocenters. The fourth-order valence-electron chi connectivity index (χ4n) is 2.49. The summed E-state index contributed by atoms with van der Waals surface area (Å²) < 4.78 is 0. The van der Waals surface area contributed by atoms with E-state index in [1.807, 2.05) is 0 Å². The van der Waals surface area contributed by atoms with Crippen LogP contribution in [0.15, 0.2) is 0 Å². The van der Waals surface area contributed by atoms with Crippen LogP contribution >= 0.6 is 0 Å². The van der Waals surface area contributed by atoms with Crippen molar-refractivity contribution < 1.29 is 0 Å². The summed E-state index contributed by atoms with van der Waals surface area (Å²) in [5.74, 6) is 0. The van der Waals surface area contributed by atoms with E-state index in [-0.39, 0.29) is 0 Å². The summed E-state index contributed by atoms with van der Waals surface area (Å²) in [4.78, 5) is 2.55. The maximum absolute atomic E-state index is 6.06. The van der Waals surface area contributed by atoms with Gasteiger partial charge in [-0.15, -0.1) is 0 Å². The number of hydrogen-bond acceptors (Lipinski definition) is 2. The van der Waals surface area contributed by atoms with Crippen molar-refractivity contribution in [2.75, 3.05) is 19.6 Å². The summed E-state index contributed by atoms with van der Waals surface area (Å²) in [7, 11) is 0. The number of rotatable bonds is 4. The van der Waals surface area contributed by atoms with E-state index in [1.165, 1.54) is 32.4 Å². The van der Waals surface area contributed by atoms with E-state index in [0.29, 0.717) is 11.5 Å². The molecule has 0 aromatic heterocycles. The number of piperidine rings is 1. The van der Waals surface area contributed by atoms with Gasteiger partial charge in [-0.2, -0.15) is 0 Å². The van der Waals surface area contributed by atoms with Gasteiger partial charge in [0.25, 0.3) is 0 Å². The molecule has 1 fully saturated rings. The van der Waals surface area contributed by atoms with Crippen LogP contribution in [-0.2, 0) is 0 Å². The molecule has 0 saturated carbocycles. The van der Waals surface area contributed by atoms with Crippen LogP contribution in [0.5, 0.6) is 0 Å². The molecule has 1 heterocycles. The Bertz CT molecular complexity index is 166. The van der Waals surface area contributed by atoms with E-state index < -0.39 is 0 Å². The van der Waals surface area contributed by atoms with E-state index >= 15 is 0 Å². The van der Waals surface area contributed by atoms with Crippen molar-refractivity contribution in [3.8, 4) is 0 Å². The van der Waals surface area contributed by atoms with Crippen molar-refractivity contribution >= 4 is 0 Å². The fourth-order valence-corrected chi connectivity index (χ4v) is 2.49. The van der Waals surface area contributed by atoms with Gasteiger partial charge in [0, 0.05) is 19.1 Å². The lowest BCUT2D eigenvalue weighted by atomic mass is 9.84. The first-order valence-corrected chi connectivity index (χ1v) is 6.01. The van der Waals surface area contributed by atoms with Crippen LogP contribution in [0.2, 0.25) is 0 Å². The Kier molecular flexibility index (Phi) is 4.39. The molecule has 1 saturated heterocycles. The van der Waals surface area contributed by atoms with E-state index in [1.54, 1.807) is 0 Å². The fraction of sp³-hybridized carbons (Fsp3) is 1.00. The first-order valence-electron chi connectivity index (χ1n) is 6.01. The second-order valence-corrected chi connectivity index (χ2v) is 5.55. The molecule has 0 aromatic rings. The van der Waals surface area contributed by atoms with Gasteiger partial charge >= 0.3 is 0 Å². The molecule has 2 N–H and O–H groups in total. The maximum Gasteiger partial charge on any atom is 0.0167 e. The molecule has 0 amide bonds. The monoisotopic (exact) mass is 198 g/mol. The molecular formula is C12H26N2. The largest absolute Gasteiger partial charge is 0.327 e. The molecule has 1 rings (SSSR count). The maximum atomic E-state index is 6.06. The predicted molar refractivity (Wildman–Crippen MR) is 62.3 cm³/mol. The molecule has 0 aromatic carbocycles. The highest BCUT2D eigenvalue weighted by atomic mass is 15.1. The van der Waals surface area contributed by atoms with Gasteiger partial charge in [-0.3, -0.25) is 0 Å². The van der Waals surface area contributed by atoms with Crippen LogP contribution < -0.4 is 5.73 Å². The van der Waals surface area contributed by atoms with Crippen molar-refractivity contribution in [2.24, 2.45) is 11.1 Å². The highest BCUT2D eigenvalue weighted by Crippen LogP contribution is 2.28. The van der Waals surface area contributed by atoms with E-state index in [2.05, 4.69) is 25.7 Å². The van der Waals surface area contributed by atoms with Crippen LogP contribution in [0.4, 0.5) is 0 Å². The Morgan fingerprint density at radius 2 is 2.14 bits per heavy atom. The number of likely N-dealkylation sites (tertiary alicyclic amines) is 1. The summed E-state index contributed by atoms with van der Waals surface area (Å²) in [6.45, 7) is 10.5. The molecule has 14 heavy (non-hydrogen) atoms. The third-order valence-electron chi connectivity index (χ3n) is 3.13. The minimum atomic E-state index is 0.383. The van der Waals surface area contributed by atoms with Gasteiger partial charge in [0.05, 0.1) is 0 Å². The normalized spacial score (nSPS) is 24.9. The first kappa shape index (κ1) is 12.0. The van der Waals surface area contributed by atoms with Crippen LogP contribution in [0, 0.1) is 5.41 Å². The molecule has 1 aliphatic heterocycles. The summed E-state index contributed by atoms with van der Waals surface area (Å²) >= 11 is 0. The zero-order valence-electron chi connectivity index (χ0n) is 10.1.